The fourth-order valence-electron chi connectivity index (χ4n) is 4.17. The molecule has 3 heterocycles. The van der Waals surface area contributed by atoms with Gasteiger partial charge in [-0.25, -0.2) is 4.98 Å². The van der Waals surface area contributed by atoms with Crippen molar-refractivity contribution in [2.45, 2.75) is 45.4 Å². The Labute approximate surface area is 188 Å². The summed E-state index contributed by atoms with van der Waals surface area (Å²) in [4.78, 5) is 19.6. The van der Waals surface area contributed by atoms with E-state index in [1.807, 2.05) is 42.3 Å². The number of piperidine rings is 1. The monoisotopic (exact) mass is 440 g/mol. The molecule has 1 aliphatic heterocycles. The van der Waals surface area contributed by atoms with Gasteiger partial charge in [-0.05, 0) is 48.9 Å². The van der Waals surface area contributed by atoms with E-state index in [1.165, 1.54) is 0 Å². The molecule has 31 heavy (non-hydrogen) atoms. The van der Waals surface area contributed by atoms with Crippen LogP contribution in [0.2, 0.25) is 5.02 Å². The highest BCUT2D eigenvalue weighted by atomic mass is 35.5. The van der Waals surface area contributed by atoms with Crippen LogP contribution in [0.5, 0.6) is 0 Å². The number of aromatic nitrogens is 3. The van der Waals surface area contributed by atoms with Gasteiger partial charge in [0.1, 0.15) is 11.5 Å². The second kappa shape index (κ2) is 9.27. The smallest absolute Gasteiger partial charge is 0.272 e. The lowest BCUT2D eigenvalue weighted by Crippen LogP contribution is -2.40. The minimum Gasteiger partial charge on any atom is -0.445 e. The molecule has 1 amide bonds. The Balaban J connectivity index is 1.43. The molecule has 7 heteroatoms. The third kappa shape index (κ3) is 5.18. The second-order valence-electron chi connectivity index (χ2n) is 8.80. The highest BCUT2D eigenvalue weighted by Gasteiger charge is 2.30. The molecule has 1 saturated heterocycles. The van der Waals surface area contributed by atoms with Crippen molar-refractivity contribution in [1.29, 1.82) is 0 Å². The number of benzene rings is 1. The van der Waals surface area contributed by atoms with Crippen LogP contribution in [0.4, 0.5) is 0 Å². The van der Waals surface area contributed by atoms with Gasteiger partial charge < -0.3 is 9.32 Å². The van der Waals surface area contributed by atoms with Gasteiger partial charge in [0, 0.05) is 31.6 Å². The number of amides is 1. The Morgan fingerprint density at radius 3 is 2.81 bits per heavy atom. The molecule has 1 fully saturated rings. The van der Waals surface area contributed by atoms with Crippen molar-refractivity contribution in [2.75, 3.05) is 13.1 Å². The molecule has 0 bridgehead atoms. The number of likely N-dealkylation sites (tertiary alicyclic amines) is 1. The Bertz CT molecular complexity index is 1040. The third-order valence-corrected chi connectivity index (χ3v) is 5.94. The molecule has 0 N–H and O–H groups in total. The Hall–Kier alpha value is -2.60. The van der Waals surface area contributed by atoms with E-state index in [1.54, 1.807) is 10.9 Å². The maximum absolute atomic E-state index is 13.2. The van der Waals surface area contributed by atoms with Crippen molar-refractivity contribution in [2.24, 2.45) is 13.0 Å². The topological polar surface area (TPSA) is 64.2 Å². The summed E-state index contributed by atoms with van der Waals surface area (Å²) in [5.41, 5.74) is 2.74. The first-order chi connectivity index (χ1) is 14.9. The van der Waals surface area contributed by atoms with Crippen molar-refractivity contribution >= 4 is 17.5 Å². The van der Waals surface area contributed by atoms with Crippen LogP contribution >= 0.6 is 11.6 Å². The zero-order valence-electron chi connectivity index (χ0n) is 18.3. The molecule has 6 nitrogen and oxygen atoms in total. The molecular weight excluding hydrogens is 412 g/mol. The first-order valence-electron chi connectivity index (χ1n) is 10.9. The minimum atomic E-state index is 0.0302. The molecule has 0 unspecified atom stereocenters. The summed E-state index contributed by atoms with van der Waals surface area (Å²) in [7, 11) is 1.84. The van der Waals surface area contributed by atoms with E-state index in [-0.39, 0.29) is 11.8 Å². The van der Waals surface area contributed by atoms with E-state index in [9.17, 15) is 4.79 Å². The first-order valence-corrected chi connectivity index (χ1v) is 11.3. The average molecular weight is 441 g/mol. The number of hydrogen-bond acceptors (Lipinski definition) is 4. The summed E-state index contributed by atoms with van der Waals surface area (Å²) >= 11 is 5.96. The van der Waals surface area contributed by atoms with Crippen molar-refractivity contribution in [3.8, 4) is 0 Å². The van der Waals surface area contributed by atoms with E-state index >= 15 is 0 Å². The number of nitrogens with zero attached hydrogens (tertiary/aromatic N) is 4. The van der Waals surface area contributed by atoms with Crippen LogP contribution in [0.3, 0.4) is 0 Å². The minimum absolute atomic E-state index is 0.0302. The van der Waals surface area contributed by atoms with Gasteiger partial charge in [0.2, 0.25) is 0 Å². The summed E-state index contributed by atoms with van der Waals surface area (Å²) in [6, 6.07) is 9.68. The number of halogens is 1. The molecule has 164 valence electrons. The van der Waals surface area contributed by atoms with Crippen molar-refractivity contribution < 1.29 is 9.21 Å². The van der Waals surface area contributed by atoms with E-state index in [0.717, 1.165) is 47.8 Å². The molecule has 1 aliphatic rings. The fraction of sp³-hybridized carbons (Fsp3) is 0.458. The number of carbonyl (C=O) groups is 1. The molecule has 1 atom stereocenters. The second-order valence-corrected chi connectivity index (χ2v) is 9.24. The van der Waals surface area contributed by atoms with Crippen LogP contribution in [-0.2, 0) is 19.9 Å². The van der Waals surface area contributed by atoms with Crippen molar-refractivity contribution in [1.82, 2.24) is 19.7 Å². The van der Waals surface area contributed by atoms with Crippen LogP contribution in [0.15, 0.2) is 40.9 Å². The van der Waals surface area contributed by atoms with E-state index in [0.29, 0.717) is 30.5 Å². The maximum atomic E-state index is 13.2. The molecule has 2 aromatic heterocycles. The van der Waals surface area contributed by atoms with Gasteiger partial charge in [-0.2, -0.15) is 5.10 Å². The molecule has 0 spiro atoms. The quantitative estimate of drug-likeness (QED) is 0.548. The van der Waals surface area contributed by atoms with Gasteiger partial charge in [-0.3, -0.25) is 9.48 Å². The molecule has 0 radical (unpaired) electrons. The van der Waals surface area contributed by atoms with Gasteiger partial charge in [-0.1, -0.05) is 37.6 Å². The summed E-state index contributed by atoms with van der Waals surface area (Å²) in [5, 5.41) is 5.24. The maximum Gasteiger partial charge on any atom is 0.272 e. The highest BCUT2D eigenvalue weighted by molar-refractivity contribution is 6.30. The third-order valence-electron chi connectivity index (χ3n) is 5.69. The zero-order valence-corrected chi connectivity index (χ0v) is 19.1. The molecule has 0 aliphatic carbocycles. The lowest BCUT2D eigenvalue weighted by molar-refractivity contribution is 0.0686. The average Bonchev–Trinajstić information content (AvgIpc) is 3.35. The van der Waals surface area contributed by atoms with E-state index < -0.39 is 0 Å². The summed E-state index contributed by atoms with van der Waals surface area (Å²) in [5.74, 6) is 2.18. The lowest BCUT2D eigenvalue weighted by Gasteiger charge is -2.31. The van der Waals surface area contributed by atoms with Crippen LogP contribution in [0.1, 0.15) is 66.0 Å². The lowest BCUT2D eigenvalue weighted by atomic mass is 9.97. The number of rotatable bonds is 6. The fourth-order valence-corrected chi connectivity index (χ4v) is 4.29. The zero-order chi connectivity index (χ0) is 22.0. The normalized spacial score (nSPS) is 16.8. The van der Waals surface area contributed by atoms with Crippen molar-refractivity contribution in [3.63, 3.8) is 0 Å². The van der Waals surface area contributed by atoms with E-state index in [2.05, 4.69) is 23.9 Å². The molecule has 0 saturated carbocycles. The summed E-state index contributed by atoms with van der Waals surface area (Å²) in [6.45, 7) is 5.68. The predicted octanol–water partition coefficient (Wildman–Crippen LogP) is 4.87. The molecule has 4 rings (SSSR count). The standard InChI is InChI=1S/C24H29ClN4O2/c1-16(2)11-20-13-22(28(3)27-20)24(30)29-10-4-5-18(15-29)23-26-14-21(31-23)12-17-6-8-19(25)9-7-17/h6-9,13-14,16,18H,4-5,10-12,15H2,1-3H3/t18-/m0/s1. The van der Waals surface area contributed by atoms with Crippen LogP contribution in [0, 0.1) is 5.92 Å². The Kier molecular flexibility index (Phi) is 6.46. The van der Waals surface area contributed by atoms with Gasteiger partial charge in [0.25, 0.3) is 5.91 Å². The number of hydrogen-bond donors (Lipinski definition) is 0. The van der Waals surface area contributed by atoms with E-state index in [4.69, 9.17) is 16.0 Å². The van der Waals surface area contributed by atoms with Crippen molar-refractivity contribution in [3.05, 3.63) is 70.2 Å². The Morgan fingerprint density at radius 2 is 2.06 bits per heavy atom. The van der Waals surface area contributed by atoms with Crippen LogP contribution < -0.4 is 0 Å². The van der Waals surface area contributed by atoms with Crippen LogP contribution in [0.25, 0.3) is 0 Å². The van der Waals surface area contributed by atoms with Gasteiger partial charge >= 0.3 is 0 Å². The Morgan fingerprint density at radius 1 is 1.29 bits per heavy atom. The predicted molar refractivity (Wildman–Crippen MR) is 120 cm³/mol. The van der Waals surface area contributed by atoms with Gasteiger partial charge in [0.05, 0.1) is 17.8 Å². The summed E-state index contributed by atoms with van der Waals surface area (Å²) < 4.78 is 7.77. The number of aryl methyl sites for hydroxylation is 1. The molecule has 1 aromatic carbocycles. The number of carbonyl (C=O) groups excluding carboxylic acids is 1. The van der Waals surface area contributed by atoms with Gasteiger partial charge in [0.15, 0.2) is 5.89 Å². The SMILES string of the molecule is CC(C)Cc1cc(C(=O)N2CCC[C@H](c3ncc(Cc4ccc(Cl)cc4)o3)C2)n(C)n1. The van der Waals surface area contributed by atoms with Gasteiger partial charge in [-0.15, -0.1) is 0 Å². The molecule has 3 aromatic rings. The largest absolute Gasteiger partial charge is 0.445 e. The van der Waals surface area contributed by atoms with Crippen LogP contribution in [-0.4, -0.2) is 38.7 Å². The summed E-state index contributed by atoms with van der Waals surface area (Å²) in [6.07, 6.45) is 5.24. The first kappa shape index (κ1) is 21.6. The molecular formula is C24H29ClN4O2. The number of oxazole rings is 1. The highest BCUT2D eigenvalue weighted by Crippen LogP contribution is 2.28.